The zero-order valence-electron chi connectivity index (χ0n) is 24.7. The Bertz CT molecular complexity index is 1570. The standard InChI is InChI=1S/C32H33F4N3O5S/c1-18-20(11-7-14-25(18)40)28(42)38-24(15-19-9-5-4-6-10-19)26(41)30(44)39-17-45-31(2,3)27(39)29(43)37-16-21-22(32(34,35)36)12-8-13-23(21)33/h4-14,24,26-27,40-41H,15-17H2,1-3H3,(H,37,43)(H,38,42)/t24-,26-,27?/m0/s1. The molecule has 0 bridgehead atoms. The first kappa shape index (κ1) is 33.8. The van der Waals surface area contributed by atoms with E-state index >= 15 is 0 Å². The molecule has 3 aromatic carbocycles. The summed E-state index contributed by atoms with van der Waals surface area (Å²) in [5, 5.41) is 26.5. The molecule has 1 unspecified atom stereocenters. The van der Waals surface area contributed by atoms with Gasteiger partial charge in [0.1, 0.15) is 17.6 Å². The zero-order chi connectivity index (χ0) is 33.1. The number of carbonyl (C=O) groups excluding carboxylic acids is 3. The van der Waals surface area contributed by atoms with Crippen LogP contribution in [-0.2, 0) is 28.7 Å². The lowest BCUT2D eigenvalue weighted by atomic mass is 9.96. The van der Waals surface area contributed by atoms with Crippen LogP contribution in [0.15, 0.2) is 66.7 Å². The van der Waals surface area contributed by atoms with Crippen LogP contribution < -0.4 is 10.6 Å². The maximum Gasteiger partial charge on any atom is 0.416 e. The molecule has 1 fully saturated rings. The van der Waals surface area contributed by atoms with Crippen LogP contribution in [0.4, 0.5) is 17.6 Å². The third kappa shape index (κ3) is 7.59. The zero-order valence-corrected chi connectivity index (χ0v) is 25.5. The fraction of sp³-hybridized carbons (Fsp3) is 0.344. The predicted molar refractivity (Wildman–Crippen MR) is 161 cm³/mol. The number of halogens is 4. The van der Waals surface area contributed by atoms with E-state index in [0.29, 0.717) is 17.2 Å². The minimum atomic E-state index is -4.86. The van der Waals surface area contributed by atoms with E-state index in [-0.39, 0.29) is 23.6 Å². The van der Waals surface area contributed by atoms with Crippen LogP contribution in [0.5, 0.6) is 5.75 Å². The smallest absolute Gasteiger partial charge is 0.416 e. The van der Waals surface area contributed by atoms with E-state index < -0.39 is 70.3 Å². The molecule has 3 atom stereocenters. The van der Waals surface area contributed by atoms with Gasteiger partial charge in [-0.25, -0.2) is 4.39 Å². The molecule has 4 N–H and O–H groups in total. The van der Waals surface area contributed by atoms with E-state index in [2.05, 4.69) is 10.6 Å². The summed E-state index contributed by atoms with van der Waals surface area (Å²) in [6, 6.07) is 13.3. The third-order valence-electron chi connectivity index (χ3n) is 7.74. The highest BCUT2D eigenvalue weighted by molar-refractivity contribution is 8.00. The summed E-state index contributed by atoms with van der Waals surface area (Å²) in [6.45, 7) is 4.10. The minimum absolute atomic E-state index is 0.0338. The number of nitrogens with zero attached hydrogens (tertiary/aromatic N) is 1. The molecular weight excluding hydrogens is 614 g/mol. The Morgan fingerprint density at radius 1 is 1.04 bits per heavy atom. The van der Waals surface area contributed by atoms with Gasteiger partial charge in [0.25, 0.3) is 11.8 Å². The van der Waals surface area contributed by atoms with Crippen molar-refractivity contribution in [3.05, 3.63) is 100 Å². The van der Waals surface area contributed by atoms with E-state index in [9.17, 15) is 42.2 Å². The minimum Gasteiger partial charge on any atom is -0.508 e. The van der Waals surface area contributed by atoms with Crippen molar-refractivity contribution in [1.29, 1.82) is 0 Å². The molecule has 0 spiro atoms. The molecule has 8 nitrogen and oxygen atoms in total. The number of phenols is 1. The molecule has 3 amide bonds. The van der Waals surface area contributed by atoms with E-state index in [1.165, 1.54) is 30.0 Å². The second-order valence-corrected chi connectivity index (χ2v) is 12.8. The third-order valence-corrected chi connectivity index (χ3v) is 9.11. The summed E-state index contributed by atoms with van der Waals surface area (Å²) in [5.74, 6) is -3.65. The van der Waals surface area contributed by atoms with Crippen molar-refractivity contribution in [3.8, 4) is 5.75 Å². The van der Waals surface area contributed by atoms with Crippen LogP contribution in [0.3, 0.4) is 0 Å². The Kier molecular flexibility index (Phi) is 10.1. The topological polar surface area (TPSA) is 119 Å². The number of amides is 3. The molecule has 3 aromatic rings. The van der Waals surface area contributed by atoms with Gasteiger partial charge in [-0.3, -0.25) is 14.4 Å². The number of aromatic hydroxyl groups is 1. The van der Waals surface area contributed by atoms with Crippen molar-refractivity contribution in [2.45, 2.75) is 62.8 Å². The second kappa shape index (κ2) is 13.5. The van der Waals surface area contributed by atoms with Gasteiger partial charge < -0.3 is 25.7 Å². The lowest BCUT2D eigenvalue weighted by Gasteiger charge is -2.33. The van der Waals surface area contributed by atoms with E-state index in [1.54, 1.807) is 51.1 Å². The summed E-state index contributed by atoms with van der Waals surface area (Å²) in [5.41, 5.74) is -0.847. The van der Waals surface area contributed by atoms with Crippen LogP contribution in [0.1, 0.15) is 46.5 Å². The molecule has 240 valence electrons. The van der Waals surface area contributed by atoms with Gasteiger partial charge in [0.15, 0.2) is 6.10 Å². The maximum atomic E-state index is 14.4. The van der Waals surface area contributed by atoms with Crippen LogP contribution in [0.2, 0.25) is 0 Å². The number of hydrogen-bond acceptors (Lipinski definition) is 6. The normalized spacial score (nSPS) is 17.4. The first-order chi connectivity index (χ1) is 21.1. The number of rotatable bonds is 9. The average Bonchev–Trinajstić information content (AvgIpc) is 3.31. The highest BCUT2D eigenvalue weighted by Crippen LogP contribution is 2.40. The highest BCUT2D eigenvalue weighted by atomic mass is 32.2. The molecule has 4 rings (SSSR count). The molecule has 0 saturated carbocycles. The van der Waals surface area contributed by atoms with Crippen LogP contribution >= 0.6 is 11.8 Å². The molecule has 1 aliphatic rings. The summed E-state index contributed by atoms with van der Waals surface area (Å²) in [7, 11) is 0. The number of hydrogen-bond donors (Lipinski definition) is 4. The van der Waals surface area contributed by atoms with E-state index in [0.717, 1.165) is 17.0 Å². The number of carbonyl (C=O) groups is 3. The van der Waals surface area contributed by atoms with Crippen LogP contribution in [-0.4, -0.2) is 61.6 Å². The first-order valence-corrected chi connectivity index (χ1v) is 15.0. The van der Waals surface area contributed by atoms with Crippen LogP contribution in [0.25, 0.3) is 0 Å². The Morgan fingerprint density at radius 2 is 1.71 bits per heavy atom. The monoisotopic (exact) mass is 647 g/mol. The second-order valence-electron chi connectivity index (χ2n) is 11.2. The van der Waals surface area contributed by atoms with Gasteiger partial charge in [0.05, 0.1) is 17.5 Å². The Labute approximate surface area is 261 Å². The van der Waals surface area contributed by atoms with E-state index in [4.69, 9.17) is 0 Å². The van der Waals surface area contributed by atoms with Crippen molar-refractivity contribution in [1.82, 2.24) is 15.5 Å². The average molecular weight is 648 g/mol. The largest absolute Gasteiger partial charge is 0.508 e. The number of phenolic OH excluding ortho intramolecular Hbond substituents is 1. The lowest BCUT2D eigenvalue weighted by molar-refractivity contribution is -0.147. The van der Waals surface area contributed by atoms with Crippen molar-refractivity contribution >= 4 is 29.5 Å². The molecule has 0 aliphatic carbocycles. The SMILES string of the molecule is Cc1c(O)cccc1C(=O)N[C@@H](Cc1ccccc1)[C@H](O)C(=O)N1CSC(C)(C)C1C(=O)NCc1c(F)cccc1C(F)(F)F. The number of aliphatic hydroxyl groups excluding tert-OH is 1. The van der Waals surface area contributed by atoms with E-state index in [1.807, 2.05) is 0 Å². The molecule has 0 aromatic heterocycles. The number of alkyl halides is 3. The Hall–Kier alpha value is -4.10. The fourth-order valence-corrected chi connectivity index (χ4v) is 6.40. The Morgan fingerprint density at radius 3 is 2.38 bits per heavy atom. The Balaban J connectivity index is 1.58. The molecule has 0 radical (unpaired) electrons. The highest BCUT2D eigenvalue weighted by Gasteiger charge is 2.50. The molecule has 1 saturated heterocycles. The number of benzene rings is 3. The fourth-order valence-electron chi connectivity index (χ4n) is 5.26. The van der Waals surface area contributed by atoms with Gasteiger partial charge in [-0.15, -0.1) is 11.8 Å². The van der Waals surface area contributed by atoms with Gasteiger partial charge in [0.2, 0.25) is 5.91 Å². The lowest BCUT2D eigenvalue weighted by Crippen LogP contribution is -2.58. The quantitative estimate of drug-likeness (QED) is 0.253. The molecule has 45 heavy (non-hydrogen) atoms. The first-order valence-electron chi connectivity index (χ1n) is 14.0. The summed E-state index contributed by atoms with van der Waals surface area (Å²) < 4.78 is 54.0. The number of thioether (sulfide) groups is 1. The molecule has 1 heterocycles. The van der Waals surface area contributed by atoms with Gasteiger partial charge in [-0.1, -0.05) is 42.5 Å². The van der Waals surface area contributed by atoms with Gasteiger partial charge in [-0.05, 0) is 57.0 Å². The summed E-state index contributed by atoms with van der Waals surface area (Å²) in [6.07, 6.45) is -6.65. The van der Waals surface area contributed by atoms with Crippen molar-refractivity contribution in [3.63, 3.8) is 0 Å². The summed E-state index contributed by atoms with van der Waals surface area (Å²) in [4.78, 5) is 41.6. The van der Waals surface area contributed by atoms with Crippen molar-refractivity contribution in [2.24, 2.45) is 0 Å². The van der Waals surface area contributed by atoms with Crippen molar-refractivity contribution < 1.29 is 42.2 Å². The molecule has 13 heteroatoms. The van der Waals surface area contributed by atoms with Crippen molar-refractivity contribution in [2.75, 3.05) is 5.88 Å². The predicted octanol–water partition coefficient (Wildman–Crippen LogP) is 4.56. The number of nitrogens with one attached hydrogen (secondary N) is 2. The summed E-state index contributed by atoms with van der Waals surface area (Å²) >= 11 is 1.22. The molecule has 1 aliphatic heterocycles. The van der Waals surface area contributed by atoms with Gasteiger partial charge in [0, 0.05) is 28.0 Å². The van der Waals surface area contributed by atoms with Gasteiger partial charge >= 0.3 is 6.18 Å². The van der Waals surface area contributed by atoms with Crippen LogP contribution in [0, 0.1) is 12.7 Å². The van der Waals surface area contributed by atoms with Gasteiger partial charge in [-0.2, -0.15) is 13.2 Å². The molecular formula is C32H33F4N3O5S. The number of aliphatic hydroxyl groups is 1. The maximum absolute atomic E-state index is 14.4.